The molecule has 0 aromatic carbocycles. The van der Waals surface area contributed by atoms with Crippen LogP contribution in [-0.4, -0.2) is 32.5 Å². The molecule has 1 N–H and O–H groups in total. The van der Waals surface area contributed by atoms with Crippen molar-refractivity contribution in [1.82, 2.24) is 5.32 Å². The highest BCUT2D eigenvalue weighted by Gasteiger charge is 2.20. The molecule has 0 spiro atoms. The summed E-state index contributed by atoms with van der Waals surface area (Å²) in [5.74, 6) is 0.925. The molecule has 1 unspecified atom stereocenters. The van der Waals surface area contributed by atoms with Crippen LogP contribution in [0.3, 0.4) is 0 Å². The van der Waals surface area contributed by atoms with Crippen molar-refractivity contribution < 1.29 is 8.42 Å². The van der Waals surface area contributed by atoms with Crippen LogP contribution in [0.25, 0.3) is 0 Å². The second kappa shape index (κ2) is 5.12. The lowest BCUT2D eigenvalue weighted by molar-refractivity contribution is 0.369. The van der Waals surface area contributed by atoms with Gasteiger partial charge in [-0.3, -0.25) is 0 Å². The van der Waals surface area contributed by atoms with Crippen molar-refractivity contribution >= 4 is 9.84 Å². The Labute approximate surface area is 87.2 Å². The van der Waals surface area contributed by atoms with Gasteiger partial charge in [-0.25, -0.2) is 8.42 Å². The summed E-state index contributed by atoms with van der Waals surface area (Å²) in [5.41, 5.74) is 0. The summed E-state index contributed by atoms with van der Waals surface area (Å²) in [7, 11) is -2.83. The molecule has 84 valence electrons. The first kappa shape index (κ1) is 12.0. The van der Waals surface area contributed by atoms with E-state index in [0.717, 1.165) is 19.5 Å². The van der Waals surface area contributed by atoms with E-state index in [1.807, 2.05) is 0 Å². The number of piperidine rings is 1. The minimum Gasteiger partial charge on any atom is -0.316 e. The van der Waals surface area contributed by atoms with Crippen molar-refractivity contribution in [3.63, 3.8) is 0 Å². The summed E-state index contributed by atoms with van der Waals surface area (Å²) in [6, 6.07) is 0. The molecule has 0 saturated carbocycles. The Bertz CT molecular complexity index is 253. The molecule has 4 heteroatoms. The fourth-order valence-electron chi connectivity index (χ4n) is 1.74. The predicted molar refractivity (Wildman–Crippen MR) is 59.1 cm³/mol. The molecule has 0 aliphatic carbocycles. The zero-order chi connectivity index (χ0) is 10.6. The molecule has 1 aliphatic heterocycles. The van der Waals surface area contributed by atoms with Gasteiger partial charge < -0.3 is 5.32 Å². The number of hydrogen-bond donors (Lipinski definition) is 1. The summed E-state index contributed by atoms with van der Waals surface area (Å²) in [5, 5.41) is 3.08. The van der Waals surface area contributed by atoms with E-state index in [9.17, 15) is 8.42 Å². The third-order valence-electron chi connectivity index (χ3n) is 2.93. The van der Waals surface area contributed by atoms with Gasteiger partial charge in [-0.15, -0.1) is 0 Å². The second-order valence-electron chi connectivity index (χ2n) is 4.42. The van der Waals surface area contributed by atoms with Gasteiger partial charge in [0.15, 0.2) is 9.84 Å². The average molecular weight is 219 g/mol. The maximum atomic E-state index is 11.6. The van der Waals surface area contributed by atoms with Gasteiger partial charge in [0.1, 0.15) is 0 Å². The number of rotatable bonds is 4. The molecule has 0 aromatic rings. The van der Waals surface area contributed by atoms with Gasteiger partial charge in [-0.1, -0.05) is 0 Å². The van der Waals surface area contributed by atoms with Gasteiger partial charge in [0, 0.05) is 0 Å². The normalized spacial score (nSPS) is 24.1. The fraction of sp³-hybridized carbons (Fsp3) is 1.00. The van der Waals surface area contributed by atoms with E-state index in [1.54, 1.807) is 13.8 Å². The van der Waals surface area contributed by atoms with Crippen molar-refractivity contribution in [3.05, 3.63) is 0 Å². The zero-order valence-corrected chi connectivity index (χ0v) is 9.94. The first-order valence-corrected chi connectivity index (χ1v) is 7.16. The molecule has 1 rings (SSSR count). The van der Waals surface area contributed by atoms with Gasteiger partial charge in [-0.05, 0) is 52.1 Å². The lowest BCUT2D eigenvalue weighted by Gasteiger charge is -2.22. The zero-order valence-electron chi connectivity index (χ0n) is 9.12. The van der Waals surface area contributed by atoms with Crippen molar-refractivity contribution in [2.75, 3.05) is 18.8 Å². The largest absolute Gasteiger partial charge is 0.316 e. The van der Waals surface area contributed by atoms with Crippen LogP contribution >= 0.6 is 0 Å². The van der Waals surface area contributed by atoms with E-state index < -0.39 is 9.84 Å². The van der Waals surface area contributed by atoms with Gasteiger partial charge in [0.2, 0.25) is 0 Å². The van der Waals surface area contributed by atoms with E-state index in [1.165, 1.54) is 12.8 Å². The molecule has 1 saturated heterocycles. The highest BCUT2D eigenvalue weighted by atomic mass is 32.2. The van der Waals surface area contributed by atoms with Crippen LogP contribution in [0.2, 0.25) is 0 Å². The topological polar surface area (TPSA) is 46.2 Å². The molecule has 0 radical (unpaired) electrons. The van der Waals surface area contributed by atoms with Crippen molar-refractivity contribution in [2.45, 2.75) is 38.4 Å². The van der Waals surface area contributed by atoms with E-state index >= 15 is 0 Å². The summed E-state index contributed by atoms with van der Waals surface area (Å²) in [6.45, 7) is 5.60. The molecular formula is C10H21NO2S. The standard InChI is InChI=1S/C10H21NO2S/c1-9(2)14(12,13)7-5-10-4-3-6-11-8-10/h9-11H,3-8H2,1-2H3. The summed E-state index contributed by atoms with van der Waals surface area (Å²) >= 11 is 0. The molecule has 0 aromatic heterocycles. The molecule has 0 bridgehead atoms. The van der Waals surface area contributed by atoms with Gasteiger partial charge in [0.05, 0.1) is 11.0 Å². The van der Waals surface area contributed by atoms with Crippen LogP contribution in [0.4, 0.5) is 0 Å². The van der Waals surface area contributed by atoms with Crippen LogP contribution < -0.4 is 5.32 Å². The van der Waals surface area contributed by atoms with E-state index in [0.29, 0.717) is 11.7 Å². The summed E-state index contributed by atoms with van der Waals surface area (Å²) < 4.78 is 23.1. The second-order valence-corrected chi connectivity index (χ2v) is 7.09. The maximum absolute atomic E-state index is 11.6. The monoisotopic (exact) mass is 219 g/mol. The minimum absolute atomic E-state index is 0.223. The molecule has 0 amide bonds. The SMILES string of the molecule is CC(C)S(=O)(=O)CCC1CCCNC1. The smallest absolute Gasteiger partial charge is 0.152 e. The highest BCUT2D eigenvalue weighted by molar-refractivity contribution is 7.91. The Hall–Kier alpha value is -0.0900. The Balaban J connectivity index is 2.32. The third kappa shape index (κ3) is 3.58. The van der Waals surface area contributed by atoms with Crippen LogP contribution in [0.5, 0.6) is 0 Å². The van der Waals surface area contributed by atoms with Crippen LogP contribution in [-0.2, 0) is 9.84 Å². The van der Waals surface area contributed by atoms with Gasteiger partial charge >= 0.3 is 0 Å². The fourth-order valence-corrected chi connectivity index (χ4v) is 2.87. The molecular weight excluding hydrogens is 198 g/mol. The van der Waals surface area contributed by atoms with Crippen molar-refractivity contribution in [1.29, 1.82) is 0 Å². The van der Waals surface area contributed by atoms with Crippen molar-refractivity contribution in [3.8, 4) is 0 Å². The van der Waals surface area contributed by atoms with Gasteiger partial charge in [-0.2, -0.15) is 0 Å². The molecule has 1 aliphatic rings. The van der Waals surface area contributed by atoms with E-state index in [-0.39, 0.29) is 5.25 Å². The predicted octanol–water partition coefficient (Wildman–Crippen LogP) is 1.20. The Morgan fingerprint density at radius 3 is 2.64 bits per heavy atom. The number of sulfone groups is 1. The molecule has 3 nitrogen and oxygen atoms in total. The third-order valence-corrected chi connectivity index (χ3v) is 5.17. The first-order chi connectivity index (χ1) is 6.52. The average Bonchev–Trinajstić information content (AvgIpc) is 2.16. The van der Waals surface area contributed by atoms with E-state index in [2.05, 4.69) is 5.32 Å². The van der Waals surface area contributed by atoms with Crippen LogP contribution in [0, 0.1) is 5.92 Å². The number of hydrogen-bond acceptors (Lipinski definition) is 3. The number of nitrogens with one attached hydrogen (secondary N) is 1. The van der Waals surface area contributed by atoms with Crippen LogP contribution in [0.15, 0.2) is 0 Å². The Morgan fingerprint density at radius 2 is 2.14 bits per heavy atom. The summed E-state index contributed by atoms with van der Waals surface area (Å²) in [6.07, 6.45) is 3.19. The Kier molecular flexibility index (Phi) is 4.38. The first-order valence-electron chi connectivity index (χ1n) is 5.44. The quantitative estimate of drug-likeness (QED) is 0.773. The molecule has 1 atom stereocenters. The lowest BCUT2D eigenvalue weighted by atomic mass is 9.97. The maximum Gasteiger partial charge on any atom is 0.152 e. The van der Waals surface area contributed by atoms with E-state index in [4.69, 9.17) is 0 Å². The van der Waals surface area contributed by atoms with Crippen LogP contribution in [0.1, 0.15) is 33.1 Å². The van der Waals surface area contributed by atoms with Gasteiger partial charge in [0.25, 0.3) is 0 Å². The minimum atomic E-state index is -2.83. The molecule has 1 fully saturated rings. The molecule has 1 heterocycles. The summed E-state index contributed by atoms with van der Waals surface area (Å²) in [4.78, 5) is 0. The lowest BCUT2D eigenvalue weighted by Crippen LogP contribution is -2.31. The highest BCUT2D eigenvalue weighted by Crippen LogP contribution is 2.16. The molecule has 14 heavy (non-hydrogen) atoms. The Morgan fingerprint density at radius 1 is 1.43 bits per heavy atom. The van der Waals surface area contributed by atoms with Crippen molar-refractivity contribution in [2.24, 2.45) is 5.92 Å².